The Morgan fingerprint density at radius 3 is 2.29 bits per heavy atom. The summed E-state index contributed by atoms with van der Waals surface area (Å²) in [6, 6.07) is 15.5. The van der Waals surface area contributed by atoms with Crippen LogP contribution in [-0.2, 0) is 28.0 Å². The van der Waals surface area contributed by atoms with Crippen LogP contribution in [0.2, 0.25) is 0 Å². The van der Waals surface area contributed by atoms with Crippen LogP contribution >= 0.6 is 0 Å². The molecule has 4 aliphatic heterocycles. The molecule has 0 saturated carbocycles. The maximum absolute atomic E-state index is 13.8. The Hall–Kier alpha value is -2.79. The van der Waals surface area contributed by atoms with Gasteiger partial charge in [-0.1, -0.05) is 30.3 Å². The van der Waals surface area contributed by atoms with E-state index >= 15 is 0 Å². The highest BCUT2D eigenvalue weighted by molar-refractivity contribution is 7.86. The minimum Gasteiger partial charge on any atom is -0.366 e. The number of hydrogen-bond donors (Lipinski definition) is 2. The molecule has 2 atom stereocenters. The van der Waals surface area contributed by atoms with E-state index in [0.29, 0.717) is 37.5 Å². The lowest BCUT2D eigenvalue weighted by Crippen LogP contribution is -2.58. The van der Waals surface area contributed by atoms with Crippen LogP contribution in [-0.4, -0.2) is 66.1 Å². The van der Waals surface area contributed by atoms with Gasteiger partial charge >= 0.3 is 0 Å². The van der Waals surface area contributed by atoms with Crippen LogP contribution in [0.1, 0.15) is 60.0 Å². The second kappa shape index (κ2) is 10.1. The first-order valence-corrected chi connectivity index (χ1v) is 15.0. The van der Waals surface area contributed by atoms with Gasteiger partial charge in [-0.3, -0.25) is 9.59 Å². The number of nitrogens with two attached hydrogens (primary N) is 1. The van der Waals surface area contributed by atoms with Crippen molar-refractivity contribution in [3.8, 4) is 0 Å². The Kier molecular flexibility index (Phi) is 6.75. The molecule has 2 aromatic rings. The van der Waals surface area contributed by atoms with Crippen LogP contribution in [0.4, 0.5) is 5.69 Å². The quantitative estimate of drug-likeness (QED) is 0.562. The summed E-state index contributed by atoms with van der Waals surface area (Å²) >= 11 is 0. The smallest absolute Gasteiger partial charge is 0.282 e. The van der Waals surface area contributed by atoms with Crippen LogP contribution in [0.5, 0.6) is 0 Å². The average Bonchev–Trinajstić information content (AvgIpc) is 3.40. The summed E-state index contributed by atoms with van der Waals surface area (Å²) in [7, 11) is -3.56. The molecule has 0 aromatic heterocycles. The van der Waals surface area contributed by atoms with Gasteiger partial charge < -0.3 is 16.0 Å². The first kappa shape index (κ1) is 25.5. The van der Waals surface area contributed by atoms with Gasteiger partial charge in [0.25, 0.3) is 10.2 Å². The third-order valence-corrected chi connectivity index (χ3v) is 10.9. The second-order valence-electron chi connectivity index (χ2n) is 11.0. The molecule has 3 saturated heterocycles. The summed E-state index contributed by atoms with van der Waals surface area (Å²) in [6.45, 7) is 1.83. The number of anilines is 1. The van der Waals surface area contributed by atoms with Crippen molar-refractivity contribution in [2.45, 2.75) is 75.7 Å². The van der Waals surface area contributed by atoms with Crippen molar-refractivity contribution < 1.29 is 18.0 Å². The van der Waals surface area contributed by atoms with Crippen LogP contribution in [0.25, 0.3) is 0 Å². The number of nitrogens with one attached hydrogen (secondary N) is 1. The largest absolute Gasteiger partial charge is 0.366 e. The summed E-state index contributed by atoms with van der Waals surface area (Å²) in [5, 5.41) is 3.58. The number of primary amides is 1. The lowest BCUT2D eigenvalue weighted by molar-refractivity contribution is -0.118. The Labute approximate surface area is 224 Å². The molecule has 0 radical (unpaired) electrons. The van der Waals surface area contributed by atoms with E-state index in [2.05, 4.69) is 17.4 Å². The molecule has 0 spiro atoms. The van der Waals surface area contributed by atoms with E-state index in [0.717, 1.165) is 43.5 Å². The summed E-state index contributed by atoms with van der Waals surface area (Å²) in [5.41, 5.74) is 8.70. The van der Waals surface area contributed by atoms with Crippen LogP contribution < -0.4 is 16.0 Å². The Morgan fingerprint density at radius 2 is 1.63 bits per heavy atom. The molecule has 2 amide bonds. The maximum Gasteiger partial charge on any atom is 0.282 e. The van der Waals surface area contributed by atoms with E-state index in [9.17, 15) is 18.0 Å². The van der Waals surface area contributed by atoms with Gasteiger partial charge in [0.05, 0.1) is 6.42 Å². The predicted octanol–water partition coefficient (Wildman–Crippen LogP) is 2.17. The van der Waals surface area contributed by atoms with E-state index in [-0.39, 0.29) is 30.5 Å². The number of carbonyl (C=O) groups is 2. The van der Waals surface area contributed by atoms with E-state index in [1.54, 1.807) is 26.8 Å². The number of amides is 2. The molecule has 6 rings (SSSR count). The topological polar surface area (TPSA) is 116 Å². The summed E-state index contributed by atoms with van der Waals surface area (Å²) in [4.78, 5) is 26.4. The fourth-order valence-electron chi connectivity index (χ4n) is 6.87. The average molecular weight is 538 g/mol. The lowest BCUT2D eigenvalue weighted by atomic mass is 9.98. The van der Waals surface area contributed by atoms with Crippen LogP contribution in [0, 0.1) is 0 Å². The molecular formula is C28H35N5O4S. The van der Waals surface area contributed by atoms with Crippen molar-refractivity contribution in [1.29, 1.82) is 0 Å². The fraction of sp³-hybridized carbons (Fsp3) is 0.500. The number of rotatable bonds is 7. The van der Waals surface area contributed by atoms with Crippen molar-refractivity contribution in [1.82, 2.24) is 13.9 Å². The number of benzene rings is 2. The third-order valence-electron chi connectivity index (χ3n) is 8.72. The Balaban J connectivity index is 1.10. The third kappa shape index (κ3) is 4.64. The summed E-state index contributed by atoms with van der Waals surface area (Å²) in [6.07, 6.45) is 4.75. The van der Waals surface area contributed by atoms with Crippen molar-refractivity contribution in [2.24, 2.45) is 5.73 Å². The van der Waals surface area contributed by atoms with Gasteiger partial charge in [0.1, 0.15) is 0 Å². The highest BCUT2D eigenvalue weighted by Crippen LogP contribution is 2.43. The van der Waals surface area contributed by atoms with E-state index in [4.69, 9.17) is 5.73 Å². The van der Waals surface area contributed by atoms with Gasteiger partial charge in [-0.15, -0.1) is 0 Å². The molecule has 2 aromatic carbocycles. The molecule has 3 fully saturated rings. The monoisotopic (exact) mass is 537 g/mol. The van der Waals surface area contributed by atoms with Gasteiger partial charge in [-0.25, -0.2) is 0 Å². The van der Waals surface area contributed by atoms with Gasteiger partial charge in [0.15, 0.2) is 0 Å². The molecule has 0 aliphatic carbocycles. The number of fused-ring (bicyclic) bond motifs is 3. The molecule has 4 aliphatic rings. The second-order valence-corrected chi connectivity index (χ2v) is 12.9. The zero-order chi connectivity index (χ0) is 26.4. The first-order chi connectivity index (χ1) is 18.3. The zero-order valence-electron chi connectivity index (χ0n) is 21.5. The molecule has 10 heteroatoms. The Morgan fingerprint density at radius 1 is 0.947 bits per heavy atom. The normalized spacial score (nSPS) is 26.6. The van der Waals surface area contributed by atoms with Gasteiger partial charge in [-0.2, -0.15) is 17.0 Å². The molecule has 202 valence electrons. The highest BCUT2D eigenvalue weighted by Gasteiger charge is 2.51. The molecular weight excluding hydrogens is 502 g/mol. The fourth-order valence-corrected chi connectivity index (χ4v) is 8.95. The molecule has 2 bridgehead atoms. The zero-order valence-corrected chi connectivity index (χ0v) is 22.3. The number of hydrogen-bond acceptors (Lipinski definition) is 5. The van der Waals surface area contributed by atoms with Crippen molar-refractivity contribution in [3.63, 3.8) is 0 Å². The van der Waals surface area contributed by atoms with E-state index < -0.39 is 16.1 Å². The van der Waals surface area contributed by atoms with Gasteiger partial charge in [0.2, 0.25) is 11.8 Å². The minimum absolute atomic E-state index is 0.00685. The summed E-state index contributed by atoms with van der Waals surface area (Å²) < 4.78 is 31.0. The SMILES string of the molecule is NC(=O)c1ccc2c(c1)CC(=O)N2C1CC2CCC(C1)N2S(=O)(=O)N1CCC(NCc2ccccc2)CC1. The van der Waals surface area contributed by atoms with Crippen molar-refractivity contribution in [3.05, 3.63) is 65.2 Å². The molecule has 3 N–H and O–H groups in total. The molecule has 2 unspecified atom stereocenters. The van der Waals surface area contributed by atoms with Crippen LogP contribution in [0.3, 0.4) is 0 Å². The number of carbonyl (C=O) groups excluding carboxylic acids is 2. The first-order valence-electron chi connectivity index (χ1n) is 13.6. The van der Waals surface area contributed by atoms with Crippen molar-refractivity contribution in [2.75, 3.05) is 18.0 Å². The minimum atomic E-state index is -3.56. The summed E-state index contributed by atoms with van der Waals surface area (Å²) in [5.74, 6) is -0.501. The maximum atomic E-state index is 13.8. The molecule has 4 heterocycles. The number of nitrogens with zero attached hydrogens (tertiary/aromatic N) is 3. The van der Waals surface area contributed by atoms with Gasteiger partial charge in [0, 0.05) is 55.1 Å². The standard InChI is InChI=1S/C28H35N5O4S/c29-28(35)20-6-9-26-21(14-20)15-27(34)32(26)25-16-23-7-8-24(17-25)33(23)38(36,37)31-12-10-22(11-13-31)30-18-19-4-2-1-3-5-19/h1-6,9,14,22-25,30H,7-8,10-13,15-18H2,(H2,29,35). The van der Waals surface area contributed by atoms with E-state index in [1.807, 2.05) is 23.1 Å². The van der Waals surface area contributed by atoms with Crippen LogP contribution in [0.15, 0.2) is 48.5 Å². The van der Waals surface area contributed by atoms with Gasteiger partial charge in [-0.05, 0) is 67.9 Å². The molecule has 9 nitrogen and oxygen atoms in total. The molecule has 38 heavy (non-hydrogen) atoms. The Bertz CT molecular complexity index is 1310. The van der Waals surface area contributed by atoms with Crippen molar-refractivity contribution >= 4 is 27.7 Å². The highest BCUT2D eigenvalue weighted by atomic mass is 32.2. The van der Waals surface area contributed by atoms with E-state index in [1.165, 1.54) is 5.56 Å². The number of piperidine rings is 2. The lowest BCUT2D eigenvalue weighted by Gasteiger charge is -2.44. The predicted molar refractivity (Wildman–Crippen MR) is 145 cm³/mol.